The Morgan fingerprint density at radius 1 is 1.05 bits per heavy atom. The number of fused-ring (bicyclic) bond motifs is 1. The molecule has 0 unspecified atom stereocenters. The van der Waals surface area contributed by atoms with Crippen LogP contribution in [0.3, 0.4) is 0 Å². The van der Waals surface area contributed by atoms with Crippen molar-refractivity contribution in [2.45, 2.75) is 25.4 Å². The second-order valence-electron chi connectivity index (χ2n) is 9.55. The normalized spacial score (nSPS) is 14.3. The Morgan fingerprint density at radius 2 is 1.77 bits per heavy atom. The van der Waals surface area contributed by atoms with Crippen molar-refractivity contribution in [1.82, 2.24) is 19.8 Å². The molecule has 1 fully saturated rings. The van der Waals surface area contributed by atoms with Crippen molar-refractivity contribution >= 4 is 45.7 Å². The first-order valence-corrected chi connectivity index (χ1v) is 13.3. The Kier molecular flexibility index (Phi) is 8.28. The van der Waals surface area contributed by atoms with E-state index in [0.29, 0.717) is 29.9 Å². The maximum Gasteiger partial charge on any atom is 0.292 e. The van der Waals surface area contributed by atoms with Gasteiger partial charge in [0.2, 0.25) is 5.95 Å². The van der Waals surface area contributed by atoms with E-state index in [1.807, 2.05) is 30.3 Å². The molecule has 2 heterocycles. The fourth-order valence-electron chi connectivity index (χ4n) is 4.83. The van der Waals surface area contributed by atoms with E-state index in [-0.39, 0.29) is 11.5 Å². The van der Waals surface area contributed by atoms with Crippen molar-refractivity contribution in [3.05, 3.63) is 94.3 Å². The largest absolute Gasteiger partial charge is 0.361 e. The highest BCUT2D eigenvalue weighted by Crippen LogP contribution is 2.25. The molecule has 0 spiro atoms. The van der Waals surface area contributed by atoms with Crippen LogP contribution in [-0.4, -0.2) is 56.7 Å². The Hall–Kier alpha value is -4.09. The Balaban J connectivity index is 1.12. The van der Waals surface area contributed by atoms with Crippen LogP contribution in [0, 0.1) is 15.9 Å². The second-order valence-corrected chi connectivity index (χ2v) is 9.96. The molecule has 11 heteroatoms. The summed E-state index contributed by atoms with van der Waals surface area (Å²) in [5.41, 5.74) is 3.34. The molecule has 1 saturated heterocycles. The zero-order valence-corrected chi connectivity index (χ0v) is 22.2. The van der Waals surface area contributed by atoms with Crippen LogP contribution in [0.25, 0.3) is 11.0 Å². The highest BCUT2D eigenvalue weighted by atomic mass is 32.1. The van der Waals surface area contributed by atoms with Crippen LogP contribution in [0.2, 0.25) is 0 Å². The molecule has 0 bridgehead atoms. The van der Waals surface area contributed by atoms with Gasteiger partial charge in [0.25, 0.3) is 5.69 Å². The quantitative estimate of drug-likeness (QED) is 0.153. The van der Waals surface area contributed by atoms with E-state index >= 15 is 0 Å². The number of nitrogens with zero attached hydrogens (tertiary/aromatic N) is 4. The maximum atomic E-state index is 13.4. The van der Waals surface area contributed by atoms with Gasteiger partial charge in [-0.1, -0.05) is 36.4 Å². The van der Waals surface area contributed by atoms with Crippen LogP contribution < -0.4 is 16.0 Å². The van der Waals surface area contributed by atoms with Crippen molar-refractivity contribution in [2.75, 3.05) is 36.8 Å². The summed E-state index contributed by atoms with van der Waals surface area (Å²) in [6.45, 7) is 3.92. The van der Waals surface area contributed by atoms with Gasteiger partial charge in [-0.05, 0) is 61.0 Å². The monoisotopic (exact) mass is 547 g/mol. The van der Waals surface area contributed by atoms with E-state index in [0.717, 1.165) is 55.0 Å². The van der Waals surface area contributed by atoms with E-state index in [9.17, 15) is 14.5 Å². The van der Waals surface area contributed by atoms with Gasteiger partial charge in [0, 0.05) is 38.3 Å². The average molecular weight is 548 g/mol. The molecule has 1 aliphatic rings. The lowest BCUT2D eigenvalue weighted by Crippen LogP contribution is -2.43. The molecule has 0 atom stereocenters. The SMILES string of the molecule is O=[N+]([O-])c1ccccc1NC(=S)NCCN1CCC(Nc2nc3ccccc3n2Cc2ccc(F)cc2)CC1. The summed E-state index contributed by atoms with van der Waals surface area (Å²) >= 11 is 5.33. The summed E-state index contributed by atoms with van der Waals surface area (Å²) in [5, 5.41) is 21.3. The highest BCUT2D eigenvalue weighted by molar-refractivity contribution is 7.80. The lowest BCUT2D eigenvalue weighted by atomic mass is 10.1. The molecule has 202 valence electrons. The Labute approximate surface area is 231 Å². The number of anilines is 2. The third-order valence-corrected chi connectivity index (χ3v) is 7.14. The first-order chi connectivity index (χ1) is 19.0. The van der Waals surface area contributed by atoms with E-state index < -0.39 is 4.92 Å². The number of hydrogen-bond acceptors (Lipinski definition) is 6. The van der Waals surface area contributed by atoms with E-state index in [4.69, 9.17) is 17.2 Å². The molecule has 0 amide bonds. The third-order valence-electron chi connectivity index (χ3n) is 6.89. The highest BCUT2D eigenvalue weighted by Gasteiger charge is 2.21. The number of rotatable bonds is 9. The molecule has 9 nitrogen and oxygen atoms in total. The number of likely N-dealkylation sites (tertiary alicyclic amines) is 1. The number of imidazole rings is 1. The van der Waals surface area contributed by atoms with Crippen molar-refractivity contribution in [3.63, 3.8) is 0 Å². The smallest absolute Gasteiger partial charge is 0.292 e. The third kappa shape index (κ3) is 6.68. The van der Waals surface area contributed by atoms with Crippen LogP contribution in [0.15, 0.2) is 72.8 Å². The Bertz CT molecular complexity index is 1450. The van der Waals surface area contributed by atoms with Gasteiger partial charge in [-0.15, -0.1) is 0 Å². The number of hydrogen-bond donors (Lipinski definition) is 3. The molecule has 0 aliphatic carbocycles. The number of piperidine rings is 1. The van der Waals surface area contributed by atoms with Crippen LogP contribution in [0.4, 0.5) is 21.7 Å². The topological polar surface area (TPSA) is 100 Å². The first-order valence-electron chi connectivity index (χ1n) is 12.9. The minimum atomic E-state index is -0.430. The number of thiocarbonyl (C=S) groups is 1. The van der Waals surface area contributed by atoms with Gasteiger partial charge in [0.05, 0.1) is 22.5 Å². The summed E-state index contributed by atoms with van der Waals surface area (Å²) in [6.07, 6.45) is 1.94. The number of nitro groups is 1. The number of halogens is 1. The van der Waals surface area contributed by atoms with Gasteiger partial charge in [-0.3, -0.25) is 10.1 Å². The number of benzene rings is 3. The van der Waals surface area contributed by atoms with Crippen LogP contribution in [0.1, 0.15) is 18.4 Å². The molecule has 5 rings (SSSR count). The van der Waals surface area contributed by atoms with Crippen molar-refractivity contribution < 1.29 is 9.31 Å². The van der Waals surface area contributed by atoms with Crippen molar-refractivity contribution in [1.29, 1.82) is 0 Å². The fraction of sp³-hybridized carbons (Fsp3) is 0.286. The molecule has 3 N–H and O–H groups in total. The van der Waals surface area contributed by atoms with Crippen molar-refractivity contribution in [3.8, 4) is 0 Å². The summed E-state index contributed by atoms with van der Waals surface area (Å²) in [7, 11) is 0. The average Bonchev–Trinajstić information content (AvgIpc) is 3.27. The second kappa shape index (κ2) is 12.2. The predicted molar refractivity (Wildman–Crippen MR) is 156 cm³/mol. The minimum Gasteiger partial charge on any atom is -0.361 e. The van der Waals surface area contributed by atoms with Crippen molar-refractivity contribution in [2.24, 2.45) is 0 Å². The molecule has 4 aromatic rings. The van der Waals surface area contributed by atoms with Gasteiger partial charge in [0.15, 0.2) is 5.11 Å². The van der Waals surface area contributed by atoms with Crippen LogP contribution in [0.5, 0.6) is 0 Å². The number of nitro benzene ring substituents is 1. The molecular weight excluding hydrogens is 517 g/mol. The van der Waals surface area contributed by atoms with Gasteiger partial charge in [-0.2, -0.15) is 0 Å². The van der Waals surface area contributed by atoms with Gasteiger partial charge >= 0.3 is 0 Å². The van der Waals surface area contributed by atoms with Gasteiger partial charge < -0.3 is 25.4 Å². The fourth-order valence-corrected chi connectivity index (χ4v) is 5.05. The van der Waals surface area contributed by atoms with Gasteiger partial charge in [-0.25, -0.2) is 9.37 Å². The number of aromatic nitrogens is 2. The number of para-hydroxylation sites is 4. The Morgan fingerprint density at radius 3 is 2.54 bits per heavy atom. The molecule has 0 radical (unpaired) electrons. The summed E-state index contributed by atoms with van der Waals surface area (Å²) < 4.78 is 15.6. The van der Waals surface area contributed by atoms with E-state index in [2.05, 4.69) is 31.5 Å². The summed E-state index contributed by atoms with van der Waals surface area (Å²) in [6, 6.07) is 21.4. The molecular formula is C28H30FN7O2S. The number of nitrogens with one attached hydrogen (secondary N) is 3. The zero-order chi connectivity index (χ0) is 27.2. The molecule has 39 heavy (non-hydrogen) atoms. The molecule has 3 aromatic carbocycles. The first kappa shape index (κ1) is 26.5. The maximum absolute atomic E-state index is 13.4. The zero-order valence-electron chi connectivity index (χ0n) is 21.3. The van der Waals surface area contributed by atoms with Gasteiger partial charge in [0.1, 0.15) is 11.5 Å². The van der Waals surface area contributed by atoms with Crippen LogP contribution in [-0.2, 0) is 6.54 Å². The lowest BCUT2D eigenvalue weighted by molar-refractivity contribution is -0.383. The van der Waals surface area contributed by atoms with Crippen LogP contribution >= 0.6 is 12.2 Å². The molecule has 1 aliphatic heterocycles. The minimum absolute atomic E-state index is 0.0117. The standard InChI is InChI=1S/C28H30FN7O2S/c29-21-11-9-20(10-12-21)19-35-25-7-3-1-5-23(25)32-27(35)31-22-13-16-34(17-14-22)18-15-30-28(39)33-24-6-2-4-8-26(24)36(37)38/h1-12,22H,13-19H2,(H,31,32)(H2,30,33,39). The lowest BCUT2D eigenvalue weighted by Gasteiger charge is -2.32. The summed E-state index contributed by atoms with van der Waals surface area (Å²) in [4.78, 5) is 18.0. The summed E-state index contributed by atoms with van der Waals surface area (Å²) in [5.74, 6) is 0.583. The van der Waals surface area contributed by atoms with E-state index in [1.54, 1.807) is 18.2 Å². The molecule has 1 aromatic heterocycles. The molecule has 0 saturated carbocycles. The predicted octanol–water partition coefficient (Wildman–Crippen LogP) is 4.99. The van der Waals surface area contributed by atoms with E-state index in [1.165, 1.54) is 18.2 Å².